The second kappa shape index (κ2) is 6.30. The van der Waals surface area contributed by atoms with Crippen LogP contribution >= 0.6 is 11.6 Å². The third-order valence-electron chi connectivity index (χ3n) is 3.39. The molecule has 3 rings (SSSR count). The van der Waals surface area contributed by atoms with E-state index in [2.05, 4.69) is 5.16 Å². The van der Waals surface area contributed by atoms with Crippen molar-refractivity contribution in [3.63, 3.8) is 0 Å². The van der Waals surface area contributed by atoms with Crippen molar-refractivity contribution in [2.45, 2.75) is 13.5 Å². The highest BCUT2D eigenvalue weighted by molar-refractivity contribution is 6.30. The molecule has 0 radical (unpaired) electrons. The van der Waals surface area contributed by atoms with Gasteiger partial charge in [0.15, 0.2) is 11.5 Å². The normalized spacial score (nSPS) is 10.7. The molecule has 0 saturated carbocycles. The average molecular weight is 331 g/mol. The molecule has 1 amide bonds. The van der Waals surface area contributed by atoms with E-state index in [-0.39, 0.29) is 11.6 Å². The van der Waals surface area contributed by atoms with Crippen LogP contribution in [-0.4, -0.2) is 23.0 Å². The Kier molecular flexibility index (Phi) is 4.21. The van der Waals surface area contributed by atoms with Crippen molar-refractivity contribution in [2.75, 3.05) is 7.05 Å². The second-order valence-corrected chi connectivity index (χ2v) is 5.69. The molecule has 0 spiro atoms. The van der Waals surface area contributed by atoms with Crippen LogP contribution in [0.3, 0.4) is 0 Å². The number of hydrogen-bond acceptors (Lipinski definition) is 4. The molecular formula is C17H15ClN2O3. The molecule has 0 unspecified atom stereocenters. The molecule has 0 fully saturated rings. The summed E-state index contributed by atoms with van der Waals surface area (Å²) in [5.41, 5.74) is 1.06. The predicted molar refractivity (Wildman–Crippen MR) is 86.2 cm³/mol. The first-order chi connectivity index (χ1) is 11.0. The maximum absolute atomic E-state index is 12.4. The van der Waals surface area contributed by atoms with Gasteiger partial charge in [-0.2, -0.15) is 0 Å². The van der Waals surface area contributed by atoms with E-state index in [9.17, 15) is 4.79 Å². The summed E-state index contributed by atoms with van der Waals surface area (Å²) in [5, 5.41) is 4.49. The Hall–Kier alpha value is -2.53. The van der Waals surface area contributed by atoms with Gasteiger partial charge in [-0.15, -0.1) is 0 Å². The largest absolute Gasteiger partial charge is 0.464 e. The first-order valence-corrected chi connectivity index (χ1v) is 7.44. The molecule has 2 aromatic heterocycles. The zero-order valence-electron chi connectivity index (χ0n) is 12.7. The lowest BCUT2D eigenvalue weighted by molar-refractivity contribution is 0.0764. The zero-order valence-corrected chi connectivity index (χ0v) is 13.5. The molecule has 2 heterocycles. The molecule has 0 N–H and O–H groups in total. The van der Waals surface area contributed by atoms with Crippen LogP contribution in [0.1, 0.15) is 22.0 Å². The summed E-state index contributed by atoms with van der Waals surface area (Å²) in [6.07, 6.45) is 0. The molecule has 0 aliphatic heterocycles. The molecule has 0 bridgehead atoms. The van der Waals surface area contributed by atoms with Crippen LogP contribution in [0.2, 0.25) is 5.02 Å². The van der Waals surface area contributed by atoms with Crippen molar-refractivity contribution < 1.29 is 13.7 Å². The van der Waals surface area contributed by atoms with Crippen LogP contribution in [0, 0.1) is 6.92 Å². The van der Waals surface area contributed by atoms with Crippen molar-refractivity contribution in [1.29, 1.82) is 0 Å². The first kappa shape index (κ1) is 15.4. The highest BCUT2D eigenvalue weighted by Crippen LogP contribution is 2.23. The summed E-state index contributed by atoms with van der Waals surface area (Å²) in [6.45, 7) is 2.23. The molecule has 5 nitrogen and oxygen atoms in total. The zero-order chi connectivity index (χ0) is 16.4. The Morgan fingerprint density at radius 1 is 1.22 bits per heavy atom. The topological polar surface area (TPSA) is 59.5 Å². The lowest BCUT2D eigenvalue weighted by Gasteiger charge is -2.13. The molecular weight excluding hydrogens is 316 g/mol. The summed E-state index contributed by atoms with van der Waals surface area (Å²) in [6, 6.07) is 12.5. The minimum atomic E-state index is -0.233. The van der Waals surface area contributed by atoms with Gasteiger partial charge in [-0.3, -0.25) is 4.79 Å². The number of aromatic nitrogens is 1. The van der Waals surface area contributed by atoms with Crippen molar-refractivity contribution in [2.24, 2.45) is 0 Å². The van der Waals surface area contributed by atoms with Crippen molar-refractivity contribution in [3.05, 3.63) is 64.7 Å². The molecule has 118 valence electrons. The van der Waals surface area contributed by atoms with E-state index in [4.69, 9.17) is 20.5 Å². The molecule has 0 atom stereocenters. The Labute approximate surface area is 138 Å². The highest BCUT2D eigenvalue weighted by atomic mass is 35.5. The standard InChI is InChI=1S/C17H15ClN2O3/c1-11-3-8-14(22-11)10-20(2)17(21)15-9-16(23-19-15)12-4-6-13(18)7-5-12/h3-9H,10H2,1-2H3. The molecule has 6 heteroatoms. The van der Waals surface area contributed by atoms with Crippen LogP contribution in [0.25, 0.3) is 11.3 Å². The predicted octanol–water partition coefficient (Wildman–Crippen LogP) is 4.17. The lowest BCUT2D eigenvalue weighted by Crippen LogP contribution is -2.26. The van der Waals surface area contributed by atoms with E-state index in [1.807, 2.05) is 31.2 Å². The number of nitrogens with zero attached hydrogens (tertiary/aromatic N) is 2. The second-order valence-electron chi connectivity index (χ2n) is 5.26. The Bertz CT molecular complexity index is 820. The number of rotatable bonds is 4. The summed E-state index contributed by atoms with van der Waals surface area (Å²) < 4.78 is 10.7. The number of furan rings is 1. The van der Waals surface area contributed by atoms with Gasteiger partial charge >= 0.3 is 0 Å². The lowest BCUT2D eigenvalue weighted by atomic mass is 10.1. The molecule has 23 heavy (non-hydrogen) atoms. The maximum Gasteiger partial charge on any atom is 0.276 e. The molecule has 0 aliphatic rings. The van der Waals surface area contributed by atoms with Gasteiger partial charge in [0.25, 0.3) is 5.91 Å². The van der Waals surface area contributed by atoms with Crippen molar-refractivity contribution in [1.82, 2.24) is 10.1 Å². The maximum atomic E-state index is 12.4. The number of halogens is 1. The quantitative estimate of drug-likeness (QED) is 0.720. The molecule has 1 aromatic carbocycles. The number of carbonyl (C=O) groups excluding carboxylic acids is 1. The van der Waals surface area contributed by atoms with E-state index in [0.717, 1.165) is 17.1 Å². The minimum Gasteiger partial charge on any atom is -0.464 e. The number of carbonyl (C=O) groups is 1. The van der Waals surface area contributed by atoms with Gasteiger partial charge in [0.05, 0.1) is 6.54 Å². The molecule has 0 aliphatic carbocycles. The van der Waals surface area contributed by atoms with Gasteiger partial charge in [0, 0.05) is 23.7 Å². The Morgan fingerprint density at radius 3 is 2.61 bits per heavy atom. The number of benzene rings is 1. The van der Waals surface area contributed by atoms with Gasteiger partial charge in [-0.25, -0.2) is 0 Å². The van der Waals surface area contributed by atoms with E-state index in [0.29, 0.717) is 17.3 Å². The fraction of sp³-hybridized carbons (Fsp3) is 0.176. The first-order valence-electron chi connectivity index (χ1n) is 7.06. The van der Waals surface area contributed by atoms with E-state index in [1.54, 1.807) is 25.2 Å². The SMILES string of the molecule is Cc1ccc(CN(C)C(=O)c2cc(-c3ccc(Cl)cc3)on2)o1. The number of hydrogen-bond donors (Lipinski definition) is 0. The molecule has 3 aromatic rings. The van der Waals surface area contributed by atoms with Crippen LogP contribution in [0.4, 0.5) is 0 Å². The summed E-state index contributed by atoms with van der Waals surface area (Å²) >= 11 is 5.86. The summed E-state index contributed by atoms with van der Waals surface area (Å²) in [4.78, 5) is 13.9. The van der Waals surface area contributed by atoms with Crippen molar-refractivity contribution in [3.8, 4) is 11.3 Å². The van der Waals surface area contributed by atoms with Crippen LogP contribution in [0.5, 0.6) is 0 Å². The van der Waals surface area contributed by atoms with Crippen LogP contribution < -0.4 is 0 Å². The number of aryl methyl sites for hydroxylation is 1. The Balaban J connectivity index is 1.74. The van der Waals surface area contributed by atoms with Gasteiger partial charge in [0.1, 0.15) is 11.5 Å². The van der Waals surface area contributed by atoms with Crippen LogP contribution in [-0.2, 0) is 6.54 Å². The van der Waals surface area contributed by atoms with E-state index < -0.39 is 0 Å². The smallest absolute Gasteiger partial charge is 0.276 e. The van der Waals surface area contributed by atoms with Gasteiger partial charge in [0.2, 0.25) is 0 Å². The van der Waals surface area contributed by atoms with Gasteiger partial charge < -0.3 is 13.8 Å². The third kappa shape index (κ3) is 3.46. The number of amides is 1. The summed E-state index contributed by atoms with van der Waals surface area (Å²) in [5.74, 6) is 1.82. The van der Waals surface area contributed by atoms with E-state index >= 15 is 0 Å². The highest BCUT2D eigenvalue weighted by Gasteiger charge is 2.18. The third-order valence-corrected chi connectivity index (χ3v) is 3.65. The Morgan fingerprint density at radius 2 is 1.96 bits per heavy atom. The average Bonchev–Trinajstić information content (AvgIpc) is 3.16. The fourth-order valence-electron chi connectivity index (χ4n) is 2.20. The van der Waals surface area contributed by atoms with E-state index in [1.165, 1.54) is 4.90 Å². The van der Waals surface area contributed by atoms with Crippen molar-refractivity contribution >= 4 is 17.5 Å². The van der Waals surface area contributed by atoms with Crippen LogP contribution in [0.15, 0.2) is 51.4 Å². The van der Waals surface area contributed by atoms with Gasteiger partial charge in [-0.1, -0.05) is 16.8 Å². The molecule has 0 saturated heterocycles. The fourth-order valence-corrected chi connectivity index (χ4v) is 2.32. The monoisotopic (exact) mass is 330 g/mol. The summed E-state index contributed by atoms with van der Waals surface area (Å²) in [7, 11) is 1.69. The van der Waals surface area contributed by atoms with Gasteiger partial charge in [-0.05, 0) is 43.3 Å². The minimum absolute atomic E-state index is 0.233.